The molecule has 0 amide bonds. The van der Waals surface area contributed by atoms with Gasteiger partial charge in [0.25, 0.3) is 0 Å². The second-order valence-corrected chi connectivity index (χ2v) is 16.8. The van der Waals surface area contributed by atoms with Crippen molar-refractivity contribution in [1.29, 1.82) is 0 Å². The maximum Gasteiger partial charge on any atom is 0.0755 e. The molecule has 0 N–H and O–H groups in total. The highest BCUT2D eigenvalue weighted by Crippen LogP contribution is 2.63. The number of aromatic nitrogens is 2. The quantitative estimate of drug-likeness (QED) is 0.173. The van der Waals surface area contributed by atoms with Gasteiger partial charge in [0, 0.05) is 44.3 Å². The minimum Gasteiger partial charge on any atom is -0.310 e. The first-order valence-electron chi connectivity index (χ1n) is 21.5. The molecule has 0 radical (unpaired) electrons. The molecule has 3 heteroatoms. The van der Waals surface area contributed by atoms with E-state index in [1.54, 1.807) is 0 Å². The maximum atomic E-state index is 2.57. The van der Waals surface area contributed by atoms with Crippen LogP contribution in [0.3, 0.4) is 0 Å². The minimum atomic E-state index is -0.628. The zero-order valence-electron chi connectivity index (χ0n) is 33.7. The van der Waals surface area contributed by atoms with E-state index in [2.05, 4.69) is 238 Å². The van der Waals surface area contributed by atoms with E-state index in [1.807, 2.05) is 0 Å². The Morgan fingerprint density at radius 2 is 0.952 bits per heavy atom. The molecule has 12 aromatic rings. The van der Waals surface area contributed by atoms with Gasteiger partial charge in [-0.1, -0.05) is 152 Å². The third-order valence-electron chi connectivity index (χ3n) is 13.8. The number of para-hydroxylation sites is 5. The van der Waals surface area contributed by atoms with E-state index < -0.39 is 5.41 Å². The van der Waals surface area contributed by atoms with Crippen LogP contribution in [0.1, 0.15) is 22.3 Å². The fourth-order valence-corrected chi connectivity index (χ4v) is 11.4. The normalized spacial score (nSPS) is 14.8. The second-order valence-electron chi connectivity index (χ2n) is 16.8. The van der Waals surface area contributed by atoms with Gasteiger partial charge >= 0.3 is 0 Å². The largest absolute Gasteiger partial charge is 0.310 e. The van der Waals surface area contributed by atoms with Crippen LogP contribution in [0.15, 0.2) is 224 Å². The Morgan fingerprint density at radius 3 is 1.79 bits per heavy atom. The summed E-state index contributed by atoms with van der Waals surface area (Å²) >= 11 is 0. The molecular weight excluding hydrogens is 751 g/mol. The van der Waals surface area contributed by atoms with Gasteiger partial charge in [-0.05, 0) is 117 Å². The molecule has 288 valence electrons. The zero-order valence-corrected chi connectivity index (χ0v) is 33.7. The predicted octanol–water partition coefficient (Wildman–Crippen LogP) is 15.2. The first-order valence-corrected chi connectivity index (χ1v) is 21.5. The number of hydrogen-bond donors (Lipinski definition) is 0. The van der Waals surface area contributed by atoms with Crippen LogP contribution in [-0.2, 0) is 5.41 Å². The van der Waals surface area contributed by atoms with E-state index in [9.17, 15) is 0 Å². The summed E-state index contributed by atoms with van der Waals surface area (Å²) in [5.41, 5.74) is 17.8. The Hall–Kier alpha value is -8.14. The highest BCUT2D eigenvalue weighted by atomic mass is 15.1. The van der Waals surface area contributed by atoms with Crippen molar-refractivity contribution in [1.82, 2.24) is 9.13 Å². The van der Waals surface area contributed by atoms with E-state index in [0.717, 1.165) is 22.7 Å². The molecule has 1 aliphatic heterocycles. The molecule has 1 atom stereocenters. The summed E-state index contributed by atoms with van der Waals surface area (Å²) < 4.78 is 5.08. The SMILES string of the molecule is c1ccc(N(c2ccc3c(c2)C2(c4ccccc4-3)c3ccccc3-n3c4ccccc4c4c3c2cc2c3ccccc3n(-c3ccccc3)c24)c2ccc3ccccc3c2)cc1. The fraction of sp³-hybridized carbons (Fsp3) is 0.0169. The van der Waals surface area contributed by atoms with Crippen molar-refractivity contribution in [3.63, 3.8) is 0 Å². The van der Waals surface area contributed by atoms with Crippen molar-refractivity contribution >= 4 is 71.4 Å². The Balaban J connectivity index is 1.16. The summed E-state index contributed by atoms with van der Waals surface area (Å²) in [6.45, 7) is 0. The molecule has 0 saturated carbocycles. The summed E-state index contributed by atoms with van der Waals surface area (Å²) in [7, 11) is 0. The van der Waals surface area contributed by atoms with Crippen molar-refractivity contribution in [2.45, 2.75) is 5.41 Å². The number of anilines is 3. The molecule has 3 heterocycles. The molecule has 0 bridgehead atoms. The molecule has 1 spiro atoms. The van der Waals surface area contributed by atoms with Gasteiger partial charge in [0.2, 0.25) is 0 Å². The number of rotatable bonds is 4. The number of hydrogen-bond acceptors (Lipinski definition) is 1. The highest BCUT2D eigenvalue weighted by Gasteiger charge is 2.51. The van der Waals surface area contributed by atoms with Gasteiger partial charge in [0.05, 0.1) is 33.2 Å². The van der Waals surface area contributed by atoms with Crippen molar-refractivity contribution < 1.29 is 0 Å². The monoisotopic (exact) mass is 787 g/mol. The van der Waals surface area contributed by atoms with Crippen LogP contribution < -0.4 is 4.90 Å². The molecule has 10 aromatic carbocycles. The number of nitrogens with zero attached hydrogens (tertiary/aromatic N) is 3. The highest BCUT2D eigenvalue weighted by molar-refractivity contribution is 6.28. The summed E-state index contributed by atoms with van der Waals surface area (Å²) in [4.78, 5) is 2.43. The molecule has 3 nitrogen and oxygen atoms in total. The van der Waals surface area contributed by atoms with Gasteiger partial charge in [0.15, 0.2) is 0 Å². The lowest BCUT2D eigenvalue weighted by Gasteiger charge is -2.40. The minimum absolute atomic E-state index is 0.628. The Kier molecular flexibility index (Phi) is 6.76. The van der Waals surface area contributed by atoms with E-state index in [0.29, 0.717) is 0 Å². The lowest BCUT2D eigenvalue weighted by molar-refractivity contribution is 0.749. The van der Waals surface area contributed by atoms with Gasteiger partial charge in [-0.3, -0.25) is 0 Å². The smallest absolute Gasteiger partial charge is 0.0755 e. The van der Waals surface area contributed by atoms with E-state index in [4.69, 9.17) is 0 Å². The molecule has 2 aromatic heterocycles. The summed E-state index contributed by atoms with van der Waals surface area (Å²) in [6, 6.07) is 83.4. The van der Waals surface area contributed by atoms with Crippen LogP contribution in [0, 0.1) is 0 Å². The molecule has 62 heavy (non-hydrogen) atoms. The van der Waals surface area contributed by atoms with E-state index >= 15 is 0 Å². The van der Waals surface area contributed by atoms with Gasteiger partial charge in [-0.2, -0.15) is 0 Å². The topological polar surface area (TPSA) is 13.1 Å². The molecule has 1 unspecified atom stereocenters. The van der Waals surface area contributed by atoms with Crippen LogP contribution in [-0.4, -0.2) is 9.13 Å². The second kappa shape index (κ2) is 12.4. The summed E-state index contributed by atoms with van der Waals surface area (Å²) in [5, 5.41) is 7.50. The van der Waals surface area contributed by atoms with Crippen LogP contribution in [0.25, 0.3) is 76.9 Å². The van der Waals surface area contributed by atoms with Gasteiger partial charge in [-0.25, -0.2) is 0 Å². The van der Waals surface area contributed by atoms with E-state index in [-0.39, 0.29) is 0 Å². The summed E-state index contributed by atoms with van der Waals surface area (Å²) in [5.74, 6) is 0. The Labute approximate surface area is 358 Å². The van der Waals surface area contributed by atoms with Gasteiger partial charge in [0.1, 0.15) is 0 Å². The standard InChI is InChI=1S/C59H37N3/c1-3-19-40(20-4-1)60(42-32-31-38-17-7-8-18-39(38)35-42)43-33-34-45-44-23-9-12-26-49(44)59(51(45)36-43)50-27-13-16-30-55(50)62-54-29-15-11-25-47(54)56-57-48(37-52(59)58(56)62)46-24-10-14-28-53(46)61(57)41-21-5-2-6-22-41/h1-37H. The average Bonchev–Trinajstić information content (AvgIpc) is 3.96. The number of fused-ring (bicyclic) bond motifs is 17. The molecular formula is C59H37N3. The molecule has 1 aliphatic carbocycles. The van der Waals surface area contributed by atoms with Crippen LogP contribution in [0.5, 0.6) is 0 Å². The average molecular weight is 788 g/mol. The third kappa shape index (κ3) is 4.29. The zero-order chi connectivity index (χ0) is 40.5. The van der Waals surface area contributed by atoms with Crippen molar-refractivity contribution in [2.24, 2.45) is 0 Å². The molecule has 2 aliphatic rings. The lowest BCUT2D eigenvalue weighted by atomic mass is 9.65. The van der Waals surface area contributed by atoms with E-state index in [1.165, 1.54) is 93.5 Å². The van der Waals surface area contributed by atoms with Crippen LogP contribution in [0.2, 0.25) is 0 Å². The maximum absolute atomic E-state index is 2.57. The third-order valence-corrected chi connectivity index (χ3v) is 13.8. The van der Waals surface area contributed by atoms with Crippen molar-refractivity contribution in [2.75, 3.05) is 4.90 Å². The Morgan fingerprint density at radius 1 is 0.339 bits per heavy atom. The fourth-order valence-electron chi connectivity index (χ4n) is 11.4. The first-order chi connectivity index (χ1) is 30.8. The molecule has 0 fully saturated rings. The predicted molar refractivity (Wildman–Crippen MR) is 258 cm³/mol. The first kappa shape index (κ1) is 33.7. The Bertz CT molecular complexity index is 3820. The molecule has 14 rings (SSSR count). The number of benzene rings is 10. The van der Waals surface area contributed by atoms with Gasteiger partial charge < -0.3 is 14.0 Å². The molecule has 0 saturated heterocycles. The summed E-state index contributed by atoms with van der Waals surface area (Å²) in [6.07, 6.45) is 0. The van der Waals surface area contributed by atoms with Gasteiger partial charge in [-0.15, -0.1) is 0 Å². The van der Waals surface area contributed by atoms with Crippen molar-refractivity contribution in [3.8, 4) is 22.5 Å². The van der Waals surface area contributed by atoms with Crippen LogP contribution >= 0.6 is 0 Å². The van der Waals surface area contributed by atoms with Crippen molar-refractivity contribution in [3.05, 3.63) is 247 Å². The lowest BCUT2D eigenvalue weighted by Crippen LogP contribution is -2.33. The van der Waals surface area contributed by atoms with Crippen LogP contribution in [0.4, 0.5) is 17.1 Å².